The first-order chi connectivity index (χ1) is 10.8. The Hall–Kier alpha value is -2.29. The van der Waals surface area contributed by atoms with Crippen LogP contribution in [0.5, 0.6) is 5.75 Å². The zero-order valence-electron chi connectivity index (χ0n) is 12.3. The number of aliphatic hydroxyl groups is 2. The van der Waals surface area contributed by atoms with Gasteiger partial charge in [0.2, 0.25) is 0 Å². The molecule has 0 bridgehead atoms. The highest BCUT2D eigenvalue weighted by Gasteiger charge is 2.19. The first-order valence-electron chi connectivity index (χ1n) is 6.70. The van der Waals surface area contributed by atoms with Crippen LogP contribution in [0.3, 0.4) is 0 Å². The lowest BCUT2D eigenvalue weighted by atomic mass is 10.2. The lowest BCUT2D eigenvalue weighted by molar-refractivity contribution is 0.0540. The highest BCUT2D eigenvalue weighted by molar-refractivity contribution is 6.35. The third-order valence-corrected chi connectivity index (χ3v) is 3.57. The molecule has 23 heavy (non-hydrogen) atoms. The number of nitrogens with zero attached hydrogens (tertiary/aromatic N) is 1. The van der Waals surface area contributed by atoms with Crippen molar-refractivity contribution >= 4 is 34.4 Å². The molecule has 0 saturated carbocycles. The van der Waals surface area contributed by atoms with E-state index in [1.165, 1.54) is 13.1 Å². The number of amides is 1. The van der Waals surface area contributed by atoms with E-state index in [-0.39, 0.29) is 18.3 Å². The molecule has 9 heteroatoms. The second-order valence-electron chi connectivity index (χ2n) is 4.91. The third-order valence-electron chi connectivity index (χ3n) is 3.24. The number of ether oxygens (including phenoxy) is 1. The predicted molar refractivity (Wildman–Crippen MR) is 85.9 cm³/mol. The summed E-state index contributed by atoms with van der Waals surface area (Å²) in [5.41, 5.74) is 5.96. The van der Waals surface area contributed by atoms with E-state index in [1.54, 1.807) is 12.1 Å². The summed E-state index contributed by atoms with van der Waals surface area (Å²) in [6, 6.07) is 4.73. The fraction of sp³-hybridized carbons (Fsp3) is 0.286. The van der Waals surface area contributed by atoms with Crippen LogP contribution in [0.15, 0.2) is 18.2 Å². The van der Waals surface area contributed by atoms with E-state index in [9.17, 15) is 9.90 Å². The molecule has 0 saturated heterocycles. The molecule has 1 aromatic carbocycles. The molecule has 0 aliphatic heterocycles. The molecule has 0 spiro atoms. The highest BCUT2D eigenvalue weighted by atomic mass is 35.5. The SMILES string of the molecule is CN(C(=N)N)C(=O)c1cc2c(Cl)ccc(OCC(O)CO)c2[nH]1. The van der Waals surface area contributed by atoms with Crippen LogP contribution >= 0.6 is 11.6 Å². The zero-order valence-corrected chi connectivity index (χ0v) is 13.1. The Labute approximate surface area is 136 Å². The monoisotopic (exact) mass is 340 g/mol. The van der Waals surface area contributed by atoms with Crippen molar-refractivity contribution in [2.75, 3.05) is 20.3 Å². The molecule has 1 unspecified atom stereocenters. The van der Waals surface area contributed by atoms with Crippen molar-refractivity contribution in [1.82, 2.24) is 9.88 Å². The number of aromatic amines is 1. The van der Waals surface area contributed by atoms with E-state index < -0.39 is 18.6 Å². The number of fused-ring (bicyclic) bond motifs is 1. The van der Waals surface area contributed by atoms with Crippen LogP contribution in [0.2, 0.25) is 5.02 Å². The van der Waals surface area contributed by atoms with Crippen LogP contribution in [0.1, 0.15) is 10.5 Å². The number of guanidine groups is 1. The molecule has 124 valence electrons. The fourth-order valence-corrected chi connectivity index (χ4v) is 2.14. The molecule has 0 aliphatic carbocycles. The van der Waals surface area contributed by atoms with Crippen molar-refractivity contribution in [3.05, 3.63) is 28.9 Å². The Balaban J connectivity index is 2.39. The number of nitrogens with one attached hydrogen (secondary N) is 2. The lowest BCUT2D eigenvalue weighted by Gasteiger charge is -2.13. The Morgan fingerprint density at radius 3 is 2.87 bits per heavy atom. The molecule has 0 aliphatic rings. The van der Waals surface area contributed by atoms with Gasteiger partial charge >= 0.3 is 0 Å². The fourth-order valence-electron chi connectivity index (χ4n) is 1.92. The van der Waals surface area contributed by atoms with E-state index in [0.29, 0.717) is 21.7 Å². The summed E-state index contributed by atoms with van der Waals surface area (Å²) in [7, 11) is 1.38. The topological polar surface area (TPSA) is 136 Å². The maximum absolute atomic E-state index is 12.2. The van der Waals surface area contributed by atoms with Gasteiger partial charge in [-0.25, -0.2) is 0 Å². The number of H-pyrrole nitrogens is 1. The van der Waals surface area contributed by atoms with Gasteiger partial charge in [-0.1, -0.05) is 11.6 Å². The van der Waals surface area contributed by atoms with Gasteiger partial charge in [-0.05, 0) is 18.2 Å². The molecule has 2 aromatic rings. The summed E-state index contributed by atoms with van der Waals surface area (Å²) in [5, 5.41) is 26.5. The van der Waals surface area contributed by atoms with Gasteiger partial charge in [0.25, 0.3) is 5.91 Å². The molecule has 1 heterocycles. The molecule has 8 nitrogen and oxygen atoms in total. The normalized spacial score (nSPS) is 12.2. The minimum absolute atomic E-state index is 0.108. The van der Waals surface area contributed by atoms with E-state index >= 15 is 0 Å². The van der Waals surface area contributed by atoms with Crippen molar-refractivity contribution in [3.8, 4) is 5.75 Å². The van der Waals surface area contributed by atoms with Gasteiger partial charge in [-0.2, -0.15) is 0 Å². The highest BCUT2D eigenvalue weighted by Crippen LogP contribution is 2.32. The minimum atomic E-state index is -1.01. The van der Waals surface area contributed by atoms with Crippen LogP contribution in [0.4, 0.5) is 0 Å². The van der Waals surface area contributed by atoms with E-state index in [2.05, 4.69) is 4.98 Å². The Kier molecular flexibility index (Phi) is 5.09. The first-order valence-corrected chi connectivity index (χ1v) is 7.08. The van der Waals surface area contributed by atoms with Crippen molar-refractivity contribution in [3.63, 3.8) is 0 Å². The summed E-state index contributed by atoms with van der Waals surface area (Å²) in [4.78, 5) is 16.1. The van der Waals surface area contributed by atoms with Crippen LogP contribution < -0.4 is 10.5 Å². The number of hydrogen-bond acceptors (Lipinski definition) is 5. The largest absolute Gasteiger partial charge is 0.489 e. The van der Waals surface area contributed by atoms with Crippen molar-refractivity contribution in [2.24, 2.45) is 5.73 Å². The number of aromatic nitrogens is 1. The van der Waals surface area contributed by atoms with Crippen LogP contribution in [0.25, 0.3) is 10.9 Å². The molecule has 6 N–H and O–H groups in total. The summed E-state index contributed by atoms with van der Waals surface area (Å²) < 4.78 is 5.44. The molecule has 0 fully saturated rings. The minimum Gasteiger partial charge on any atom is -0.489 e. The number of carbonyl (C=O) groups excluding carboxylic acids is 1. The molecule has 1 aromatic heterocycles. The molecular weight excluding hydrogens is 324 g/mol. The number of halogens is 1. The number of carbonyl (C=O) groups is 1. The molecule has 1 amide bonds. The second kappa shape index (κ2) is 6.86. The average molecular weight is 341 g/mol. The average Bonchev–Trinajstić information content (AvgIpc) is 2.98. The van der Waals surface area contributed by atoms with Crippen LogP contribution in [0, 0.1) is 5.41 Å². The van der Waals surface area contributed by atoms with Crippen LogP contribution in [-0.2, 0) is 0 Å². The number of nitrogens with two attached hydrogens (primary N) is 1. The van der Waals surface area contributed by atoms with Gasteiger partial charge < -0.3 is 25.7 Å². The molecule has 0 radical (unpaired) electrons. The van der Waals surface area contributed by atoms with E-state index in [0.717, 1.165) is 4.90 Å². The summed E-state index contributed by atoms with van der Waals surface area (Å²) in [5.74, 6) is -0.505. The quantitative estimate of drug-likeness (QED) is 0.399. The van der Waals surface area contributed by atoms with Crippen molar-refractivity contribution in [2.45, 2.75) is 6.10 Å². The summed E-state index contributed by atoms with van der Waals surface area (Å²) in [6.07, 6.45) is -1.01. The molecular formula is C14H17ClN4O4. The Morgan fingerprint density at radius 2 is 2.26 bits per heavy atom. The molecule has 2 rings (SSSR count). The van der Waals surface area contributed by atoms with Crippen LogP contribution in [-0.4, -0.2) is 58.3 Å². The Bertz CT molecular complexity index is 746. The smallest absolute Gasteiger partial charge is 0.276 e. The number of rotatable bonds is 5. The van der Waals surface area contributed by atoms with Gasteiger partial charge in [0.1, 0.15) is 24.2 Å². The number of benzene rings is 1. The van der Waals surface area contributed by atoms with Crippen molar-refractivity contribution in [1.29, 1.82) is 5.41 Å². The van der Waals surface area contributed by atoms with Gasteiger partial charge in [-0.3, -0.25) is 15.1 Å². The molecule has 1 atom stereocenters. The number of aliphatic hydroxyl groups excluding tert-OH is 2. The Morgan fingerprint density at radius 1 is 1.57 bits per heavy atom. The van der Waals surface area contributed by atoms with Gasteiger partial charge in [0, 0.05) is 12.4 Å². The first kappa shape index (κ1) is 17.1. The number of hydrogen-bond donors (Lipinski definition) is 5. The lowest BCUT2D eigenvalue weighted by Crippen LogP contribution is -2.38. The van der Waals surface area contributed by atoms with E-state index in [1.807, 2.05) is 0 Å². The van der Waals surface area contributed by atoms with Gasteiger partial charge in [-0.15, -0.1) is 0 Å². The maximum atomic E-state index is 12.2. The third kappa shape index (κ3) is 3.55. The maximum Gasteiger partial charge on any atom is 0.276 e. The van der Waals surface area contributed by atoms with Crippen molar-refractivity contribution < 1.29 is 19.7 Å². The van der Waals surface area contributed by atoms with Gasteiger partial charge in [0.05, 0.1) is 17.1 Å². The second-order valence-corrected chi connectivity index (χ2v) is 5.32. The van der Waals surface area contributed by atoms with Gasteiger partial charge in [0.15, 0.2) is 5.96 Å². The van der Waals surface area contributed by atoms with E-state index in [4.69, 9.17) is 32.6 Å². The summed E-state index contributed by atoms with van der Waals surface area (Å²) in [6.45, 7) is -0.530. The predicted octanol–water partition coefficient (Wildman–Crippen LogP) is 0.519. The zero-order chi connectivity index (χ0) is 17.1. The standard InChI is InChI=1S/C14H17ClN4O4/c1-19(14(16)17)13(22)10-4-8-9(15)2-3-11(12(8)18-10)23-6-7(21)5-20/h2-4,7,18,20-21H,5-6H2,1H3,(H3,16,17). The summed E-state index contributed by atoms with van der Waals surface area (Å²) >= 11 is 6.12.